The fourth-order valence-electron chi connectivity index (χ4n) is 8.54. The molecule has 0 saturated heterocycles. The number of nitrogens with zero attached hydrogens (tertiary/aromatic N) is 3. The molecule has 0 bridgehead atoms. The highest BCUT2D eigenvalue weighted by atomic mass is 32.1. The zero-order chi connectivity index (χ0) is 37.8. The van der Waals surface area contributed by atoms with Gasteiger partial charge in [0.05, 0.1) is 0 Å². The van der Waals surface area contributed by atoms with Crippen LogP contribution in [0.4, 0.5) is 0 Å². The number of rotatable bonds is 7. The molecule has 0 saturated carbocycles. The molecule has 0 amide bonds. The second kappa shape index (κ2) is 13.9. The predicted octanol–water partition coefficient (Wildman–Crippen LogP) is 11.0. The van der Waals surface area contributed by atoms with Gasteiger partial charge in [-0.2, -0.15) is 0 Å². The summed E-state index contributed by atoms with van der Waals surface area (Å²) >= 11 is 3.69. The molecular weight excluding hydrogens is 747 g/mol. The molecule has 0 spiro atoms. The topological polar surface area (TPSA) is 38.7 Å². The van der Waals surface area contributed by atoms with E-state index in [2.05, 4.69) is 182 Å². The standard InChI is InChI=1S/C51H33N3S2Si/c1-4-16-34(17-5-1)49-52-50(54-51(53-49)36-30-31-45-42(33-36)40-24-10-12-26-43(40)55-45)35-18-14-23-39(32-35)57(37-19-6-2-7-20-37,38-21-8-3-9-22-38)47-29-15-28-46-48(47)41-25-11-13-27-44(41)56-46/h1-33H. The van der Waals surface area contributed by atoms with Gasteiger partial charge in [0, 0.05) is 57.0 Å². The van der Waals surface area contributed by atoms with Crippen molar-refractivity contribution in [3.63, 3.8) is 0 Å². The minimum Gasteiger partial charge on any atom is -0.208 e. The molecule has 57 heavy (non-hydrogen) atoms. The Morgan fingerprint density at radius 1 is 0.316 bits per heavy atom. The molecule has 0 aliphatic heterocycles. The van der Waals surface area contributed by atoms with Gasteiger partial charge in [-0.3, -0.25) is 0 Å². The lowest BCUT2D eigenvalue weighted by atomic mass is 10.1. The Balaban J connectivity index is 1.18. The molecule has 268 valence electrons. The number of aromatic nitrogens is 3. The van der Waals surface area contributed by atoms with Gasteiger partial charge in [0.1, 0.15) is 0 Å². The van der Waals surface area contributed by atoms with E-state index in [0.29, 0.717) is 17.5 Å². The highest BCUT2D eigenvalue weighted by molar-refractivity contribution is 7.27. The van der Waals surface area contributed by atoms with E-state index >= 15 is 0 Å². The van der Waals surface area contributed by atoms with Crippen molar-refractivity contribution in [1.29, 1.82) is 0 Å². The Morgan fingerprint density at radius 3 is 1.49 bits per heavy atom. The van der Waals surface area contributed by atoms with Crippen molar-refractivity contribution >= 4 is 91.8 Å². The Morgan fingerprint density at radius 2 is 0.789 bits per heavy atom. The summed E-state index contributed by atoms with van der Waals surface area (Å²) in [5, 5.41) is 10.4. The van der Waals surface area contributed by atoms with Gasteiger partial charge in [-0.25, -0.2) is 15.0 Å². The number of benzene rings is 8. The third-order valence-electron chi connectivity index (χ3n) is 11.1. The van der Waals surface area contributed by atoms with Gasteiger partial charge in [0.15, 0.2) is 25.5 Å². The van der Waals surface area contributed by atoms with Crippen LogP contribution >= 0.6 is 22.7 Å². The zero-order valence-electron chi connectivity index (χ0n) is 30.7. The van der Waals surface area contributed by atoms with Crippen molar-refractivity contribution in [2.45, 2.75) is 0 Å². The van der Waals surface area contributed by atoms with Crippen molar-refractivity contribution in [3.05, 3.63) is 200 Å². The molecule has 3 heterocycles. The smallest absolute Gasteiger partial charge is 0.180 e. The normalized spacial score (nSPS) is 11.9. The average Bonchev–Trinajstić information content (AvgIpc) is 3.86. The minimum absolute atomic E-state index is 0.652. The first-order valence-electron chi connectivity index (χ1n) is 19.1. The molecule has 11 rings (SSSR count). The second-order valence-electron chi connectivity index (χ2n) is 14.3. The lowest BCUT2D eigenvalue weighted by Gasteiger charge is -2.35. The first kappa shape index (κ1) is 33.7. The third kappa shape index (κ3) is 5.64. The lowest BCUT2D eigenvalue weighted by molar-refractivity contribution is 1.07. The van der Waals surface area contributed by atoms with Gasteiger partial charge in [-0.1, -0.05) is 164 Å². The maximum atomic E-state index is 5.29. The average molecular weight is 780 g/mol. The maximum absolute atomic E-state index is 5.29. The summed E-state index contributed by atoms with van der Waals surface area (Å²) in [6.07, 6.45) is 0. The number of hydrogen-bond acceptors (Lipinski definition) is 5. The monoisotopic (exact) mass is 779 g/mol. The molecule has 3 nitrogen and oxygen atoms in total. The SMILES string of the molecule is c1ccc(-c2nc(-c3cccc([Si](c4ccccc4)(c4ccccc4)c4cccc5sc6ccccc6c45)c3)nc(-c3ccc4sc5ccccc5c4c3)n2)cc1. The summed E-state index contributed by atoms with van der Waals surface area (Å²) in [4.78, 5) is 15.6. The van der Waals surface area contributed by atoms with Crippen LogP contribution in [0.3, 0.4) is 0 Å². The minimum atomic E-state index is -2.98. The molecule has 6 heteroatoms. The van der Waals surface area contributed by atoms with Crippen LogP contribution in [0.1, 0.15) is 0 Å². The van der Waals surface area contributed by atoms with E-state index in [-0.39, 0.29) is 0 Å². The van der Waals surface area contributed by atoms with Gasteiger partial charge in [-0.05, 0) is 57.1 Å². The predicted molar refractivity (Wildman–Crippen MR) is 246 cm³/mol. The van der Waals surface area contributed by atoms with Crippen molar-refractivity contribution in [1.82, 2.24) is 15.0 Å². The van der Waals surface area contributed by atoms with E-state index in [1.807, 2.05) is 40.9 Å². The molecule has 8 aromatic carbocycles. The molecule has 11 aromatic rings. The summed E-state index contributed by atoms with van der Waals surface area (Å²) < 4.78 is 5.14. The highest BCUT2D eigenvalue weighted by Crippen LogP contribution is 2.37. The molecule has 3 aromatic heterocycles. The van der Waals surface area contributed by atoms with E-state index in [4.69, 9.17) is 15.0 Å². The molecule has 0 aliphatic rings. The van der Waals surface area contributed by atoms with Crippen LogP contribution < -0.4 is 20.7 Å². The molecule has 0 N–H and O–H groups in total. The van der Waals surface area contributed by atoms with Crippen LogP contribution in [-0.4, -0.2) is 23.0 Å². The fraction of sp³-hybridized carbons (Fsp3) is 0. The van der Waals surface area contributed by atoms with E-state index < -0.39 is 8.07 Å². The number of hydrogen-bond donors (Lipinski definition) is 0. The van der Waals surface area contributed by atoms with Crippen molar-refractivity contribution < 1.29 is 0 Å². The largest absolute Gasteiger partial charge is 0.208 e. The van der Waals surface area contributed by atoms with Gasteiger partial charge >= 0.3 is 0 Å². The van der Waals surface area contributed by atoms with Gasteiger partial charge < -0.3 is 0 Å². The van der Waals surface area contributed by atoms with Crippen molar-refractivity contribution in [3.8, 4) is 34.2 Å². The van der Waals surface area contributed by atoms with Crippen LogP contribution in [0.25, 0.3) is 74.5 Å². The van der Waals surface area contributed by atoms with E-state index in [1.165, 1.54) is 61.1 Å². The first-order chi connectivity index (χ1) is 28.2. The Labute approximate surface area is 339 Å². The summed E-state index contributed by atoms with van der Waals surface area (Å²) in [7, 11) is -2.98. The lowest BCUT2D eigenvalue weighted by Crippen LogP contribution is -2.74. The van der Waals surface area contributed by atoms with E-state index in [1.54, 1.807) is 0 Å². The number of thiophene rings is 2. The van der Waals surface area contributed by atoms with E-state index in [0.717, 1.165) is 16.7 Å². The fourth-order valence-corrected chi connectivity index (χ4v) is 15.9. The summed E-state index contributed by atoms with van der Waals surface area (Å²) in [5.74, 6) is 1.96. The van der Waals surface area contributed by atoms with Crippen LogP contribution in [0.5, 0.6) is 0 Å². The molecule has 0 unspecified atom stereocenters. The van der Waals surface area contributed by atoms with Crippen LogP contribution in [0, 0.1) is 0 Å². The molecule has 0 fully saturated rings. The van der Waals surface area contributed by atoms with Gasteiger partial charge in [-0.15, -0.1) is 22.7 Å². The third-order valence-corrected chi connectivity index (χ3v) is 18.2. The van der Waals surface area contributed by atoms with Crippen LogP contribution in [0.2, 0.25) is 0 Å². The Bertz CT molecular complexity index is 3210. The maximum Gasteiger partial charge on any atom is 0.180 e. The van der Waals surface area contributed by atoms with Gasteiger partial charge in [0.25, 0.3) is 0 Å². The zero-order valence-corrected chi connectivity index (χ0v) is 33.3. The van der Waals surface area contributed by atoms with Gasteiger partial charge in [0.2, 0.25) is 0 Å². The summed E-state index contributed by atoms with van der Waals surface area (Å²) in [6.45, 7) is 0. The van der Waals surface area contributed by atoms with Crippen molar-refractivity contribution in [2.75, 3.05) is 0 Å². The van der Waals surface area contributed by atoms with Crippen molar-refractivity contribution in [2.24, 2.45) is 0 Å². The quantitative estimate of drug-likeness (QED) is 0.119. The number of fused-ring (bicyclic) bond motifs is 6. The second-order valence-corrected chi connectivity index (χ2v) is 20.3. The van der Waals surface area contributed by atoms with Crippen LogP contribution in [-0.2, 0) is 0 Å². The summed E-state index contributed by atoms with van der Waals surface area (Å²) in [5.41, 5.74) is 2.88. The Kier molecular flexibility index (Phi) is 8.21. The van der Waals surface area contributed by atoms with E-state index in [9.17, 15) is 0 Å². The highest BCUT2D eigenvalue weighted by Gasteiger charge is 2.43. The summed E-state index contributed by atoms with van der Waals surface area (Å²) in [6, 6.07) is 72.6. The Hall–Kier alpha value is -6.57. The molecule has 0 aliphatic carbocycles. The molecule has 0 atom stereocenters. The van der Waals surface area contributed by atoms with Crippen LogP contribution in [0.15, 0.2) is 200 Å². The first-order valence-corrected chi connectivity index (χ1v) is 22.7. The molecular formula is C51H33N3S2Si. The molecule has 0 radical (unpaired) electrons.